The average Bonchev–Trinajstić information content (AvgIpc) is 2.76. The lowest BCUT2D eigenvalue weighted by atomic mass is 9.78. The number of phenolic OH excluding ortho intramolecular Hbond substituents is 1. The predicted molar refractivity (Wildman–Crippen MR) is 143 cm³/mol. The highest BCUT2D eigenvalue weighted by Crippen LogP contribution is 2.40. The van der Waals surface area contributed by atoms with Gasteiger partial charge in [-0.3, -0.25) is 22.8 Å². The van der Waals surface area contributed by atoms with Gasteiger partial charge >= 0.3 is 17.9 Å². The lowest BCUT2D eigenvalue weighted by molar-refractivity contribution is -0.147. The number of hydrogen-bond acceptors (Lipinski definition) is 9. The average molecular weight is 561 g/mol. The molecule has 0 fully saturated rings. The van der Waals surface area contributed by atoms with Gasteiger partial charge in [0.2, 0.25) is 0 Å². The number of aromatic hydroxyl groups is 1. The minimum atomic E-state index is -1.73. The lowest BCUT2D eigenvalue weighted by Gasteiger charge is -2.28. The molecule has 0 spiro atoms. The Morgan fingerprint density at radius 1 is 0.811 bits per heavy atom. The molecule has 1 rings (SSSR count). The third kappa shape index (κ3) is 11.3. The van der Waals surface area contributed by atoms with Gasteiger partial charge in [-0.1, -0.05) is 53.7 Å². The first-order chi connectivity index (χ1) is 17.0. The number of esters is 3. The SMILES string of the molecule is COC(=O)CS(=O)CC(CS(=O)CC(=O)OC)OC(=O)CCc1cc(C(C)(C)C)c(O)c(C(C)(C)C)c1. The topological polar surface area (TPSA) is 133 Å². The molecule has 0 bridgehead atoms. The molecular weight excluding hydrogens is 520 g/mol. The van der Waals surface area contributed by atoms with E-state index in [2.05, 4.69) is 9.47 Å². The number of carbonyl (C=O) groups excluding carboxylic acids is 3. The molecule has 2 atom stereocenters. The van der Waals surface area contributed by atoms with Crippen molar-refractivity contribution in [3.8, 4) is 5.75 Å². The summed E-state index contributed by atoms with van der Waals surface area (Å²) in [7, 11) is -1.12. The van der Waals surface area contributed by atoms with E-state index in [9.17, 15) is 27.9 Å². The summed E-state index contributed by atoms with van der Waals surface area (Å²) in [5, 5.41) is 10.9. The van der Waals surface area contributed by atoms with Gasteiger partial charge in [-0.05, 0) is 33.9 Å². The van der Waals surface area contributed by atoms with Gasteiger partial charge in [0.25, 0.3) is 0 Å². The van der Waals surface area contributed by atoms with Crippen LogP contribution in [0.2, 0.25) is 0 Å². The van der Waals surface area contributed by atoms with E-state index in [-0.39, 0.29) is 34.5 Å². The van der Waals surface area contributed by atoms with Gasteiger partial charge in [0.05, 0.1) is 25.7 Å². The second kappa shape index (κ2) is 14.0. The van der Waals surface area contributed by atoms with Crippen molar-refractivity contribution < 1.29 is 42.1 Å². The van der Waals surface area contributed by atoms with Crippen LogP contribution in [0.15, 0.2) is 12.1 Å². The quantitative estimate of drug-likeness (QED) is 0.302. The summed E-state index contributed by atoms with van der Waals surface area (Å²) in [4.78, 5) is 35.6. The van der Waals surface area contributed by atoms with Crippen molar-refractivity contribution in [2.24, 2.45) is 0 Å². The molecule has 1 aromatic rings. The largest absolute Gasteiger partial charge is 0.507 e. The Hall–Kier alpha value is -2.27. The summed E-state index contributed by atoms with van der Waals surface area (Å²) in [6, 6.07) is 3.76. The van der Waals surface area contributed by atoms with E-state index in [0.717, 1.165) is 16.7 Å². The van der Waals surface area contributed by atoms with E-state index in [1.807, 2.05) is 53.7 Å². The van der Waals surface area contributed by atoms with Gasteiger partial charge < -0.3 is 19.3 Å². The summed E-state index contributed by atoms with van der Waals surface area (Å²) in [5.41, 5.74) is 1.76. The Labute approximate surface area is 224 Å². The normalized spacial score (nSPS) is 14.4. The van der Waals surface area contributed by atoms with Crippen molar-refractivity contribution in [1.82, 2.24) is 0 Å². The number of methoxy groups -OCH3 is 2. The summed E-state index contributed by atoms with van der Waals surface area (Å²) >= 11 is 0. The minimum absolute atomic E-state index is 0.0122. The van der Waals surface area contributed by atoms with Crippen molar-refractivity contribution in [1.29, 1.82) is 0 Å². The fourth-order valence-corrected chi connectivity index (χ4v) is 5.85. The number of benzene rings is 1. The fourth-order valence-electron chi connectivity index (χ4n) is 3.50. The van der Waals surface area contributed by atoms with E-state index in [1.165, 1.54) is 14.2 Å². The summed E-state index contributed by atoms with van der Waals surface area (Å²) in [6.07, 6.45) is -0.713. The maximum absolute atomic E-state index is 12.7. The second-order valence-corrected chi connectivity index (χ2v) is 13.8. The maximum Gasteiger partial charge on any atom is 0.318 e. The van der Waals surface area contributed by atoms with Crippen LogP contribution in [0, 0.1) is 0 Å². The summed E-state index contributed by atoms with van der Waals surface area (Å²) in [6.45, 7) is 12.0. The molecule has 0 heterocycles. The van der Waals surface area contributed by atoms with Crippen LogP contribution in [0.4, 0.5) is 0 Å². The van der Waals surface area contributed by atoms with Crippen molar-refractivity contribution >= 4 is 39.5 Å². The van der Waals surface area contributed by atoms with Gasteiger partial charge in [-0.25, -0.2) is 0 Å². The number of hydrogen-bond donors (Lipinski definition) is 1. The highest BCUT2D eigenvalue weighted by atomic mass is 32.2. The zero-order valence-corrected chi connectivity index (χ0v) is 24.6. The monoisotopic (exact) mass is 560 g/mol. The third-order valence-corrected chi connectivity index (χ3v) is 8.06. The number of ether oxygens (including phenoxy) is 3. The molecule has 0 saturated carbocycles. The van der Waals surface area contributed by atoms with E-state index in [4.69, 9.17) is 4.74 Å². The van der Waals surface area contributed by atoms with Crippen molar-refractivity contribution in [2.75, 3.05) is 37.2 Å². The van der Waals surface area contributed by atoms with Crippen LogP contribution < -0.4 is 0 Å². The Balaban J connectivity index is 3.04. The third-order valence-electron chi connectivity index (χ3n) is 5.46. The van der Waals surface area contributed by atoms with Crippen LogP contribution in [-0.4, -0.2) is 74.8 Å². The molecule has 0 aliphatic rings. The van der Waals surface area contributed by atoms with Gasteiger partial charge in [-0.15, -0.1) is 0 Å². The Bertz CT molecular complexity index is 953. The Morgan fingerprint density at radius 2 is 1.22 bits per heavy atom. The second-order valence-electron chi connectivity index (χ2n) is 10.8. The van der Waals surface area contributed by atoms with Crippen LogP contribution in [0.25, 0.3) is 0 Å². The first-order valence-corrected chi connectivity index (χ1v) is 14.9. The number of phenols is 1. The van der Waals surface area contributed by atoms with E-state index < -0.39 is 57.1 Å². The molecule has 2 unspecified atom stereocenters. The van der Waals surface area contributed by atoms with Crippen molar-refractivity contribution in [3.63, 3.8) is 0 Å². The number of rotatable bonds is 12. The molecule has 11 heteroatoms. The minimum Gasteiger partial charge on any atom is -0.507 e. The van der Waals surface area contributed by atoms with Gasteiger partial charge in [0.15, 0.2) is 0 Å². The summed E-state index contributed by atoms with van der Waals surface area (Å²) in [5.74, 6) is -2.97. The van der Waals surface area contributed by atoms with Crippen LogP contribution in [0.1, 0.15) is 64.7 Å². The maximum atomic E-state index is 12.7. The predicted octanol–water partition coefficient (Wildman–Crippen LogP) is 2.68. The van der Waals surface area contributed by atoms with Crippen LogP contribution in [-0.2, 0) is 67.4 Å². The van der Waals surface area contributed by atoms with Crippen LogP contribution in [0.5, 0.6) is 5.75 Å². The summed E-state index contributed by atoms with van der Waals surface area (Å²) < 4.78 is 39.2. The molecule has 1 N–H and O–H groups in total. The van der Waals surface area contributed by atoms with Gasteiger partial charge in [0, 0.05) is 28.0 Å². The molecule has 0 radical (unpaired) electrons. The molecule has 0 amide bonds. The molecule has 0 aliphatic carbocycles. The Morgan fingerprint density at radius 3 is 1.57 bits per heavy atom. The highest BCUT2D eigenvalue weighted by Gasteiger charge is 2.27. The first kappa shape index (κ1) is 32.8. The molecule has 0 aromatic heterocycles. The highest BCUT2D eigenvalue weighted by molar-refractivity contribution is 7.86. The molecular formula is C26H40O9S2. The van der Waals surface area contributed by atoms with Gasteiger partial charge in [0.1, 0.15) is 23.4 Å². The van der Waals surface area contributed by atoms with E-state index >= 15 is 0 Å². The zero-order chi connectivity index (χ0) is 28.6. The molecule has 0 aliphatic heterocycles. The van der Waals surface area contributed by atoms with E-state index in [1.54, 1.807) is 0 Å². The molecule has 9 nitrogen and oxygen atoms in total. The molecule has 37 heavy (non-hydrogen) atoms. The smallest absolute Gasteiger partial charge is 0.318 e. The van der Waals surface area contributed by atoms with Gasteiger partial charge in [-0.2, -0.15) is 0 Å². The van der Waals surface area contributed by atoms with Crippen LogP contribution >= 0.6 is 0 Å². The van der Waals surface area contributed by atoms with Crippen molar-refractivity contribution in [2.45, 2.75) is 71.3 Å². The Kier molecular flexibility index (Phi) is 12.4. The standard InChI is InChI=1S/C26H40O9S2/c1-25(2,3)19-11-17(12-20(24(19)30)26(4,5)6)9-10-21(27)35-18(13-36(31)15-22(28)33-7)14-37(32)16-23(29)34-8/h11-12,18,30H,9-10,13-16H2,1-8H3. The zero-order valence-electron chi connectivity index (χ0n) is 23.0. The fraction of sp³-hybridized carbons (Fsp3) is 0.654. The number of carbonyl (C=O) groups is 3. The van der Waals surface area contributed by atoms with Crippen LogP contribution in [0.3, 0.4) is 0 Å². The lowest BCUT2D eigenvalue weighted by Crippen LogP contribution is -2.33. The molecule has 210 valence electrons. The van der Waals surface area contributed by atoms with E-state index in [0.29, 0.717) is 6.42 Å². The number of aryl methyl sites for hydroxylation is 1. The first-order valence-electron chi connectivity index (χ1n) is 11.9. The van der Waals surface area contributed by atoms with Crippen molar-refractivity contribution in [3.05, 3.63) is 28.8 Å². The molecule has 1 aromatic carbocycles. The molecule has 0 saturated heterocycles.